The van der Waals surface area contributed by atoms with Crippen molar-refractivity contribution < 1.29 is 14.4 Å². The van der Waals surface area contributed by atoms with Gasteiger partial charge in [0.2, 0.25) is 0 Å². The second kappa shape index (κ2) is 8.97. The van der Waals surface area contributed by atoms with E-state index >= 15 is 0 Å². The number of carbonyl (C=O) groups excluding carboxylic acids is 1. The lowest BCUT2D eigenvalue weighted by atomic mass is 9.83. The number of nitrogens with zero attached hydrogens (tertiary/aromatic N) is 1. The number of ether oxygens (including phenoxy) is 1. The Balaban J connectivity index is 1.25. The van der Waals surface area contributed by atoms with Crippen molar-refractivity contribution >= 4 is 11.9 Å². The zero-order valence-electron chi connectivity index (χ0n) is 20.1. The molecule has 3 aliphatic rings. The van der Waals surface area contributed by atoms with Crippen molar-refractivity contribution in [2.24, 2.45) is 5.92 Å². The number of quaternary nitrogens is 1. The van der Waals surface area contributed by atoms with Crippen LogP contribution in [0.1, 0.15) is 51.5 Å². The summed E-state index contributed by atoms with van der Waals surface area (Å²) in [6.07, 6.45) is 4.91. The molecule has 0 saturated carbocycles. The number of ketones is 1. The van der Waals surface area contributed by atoms with Gasteiger partial charge in [0.1, 0.15) is 12.3 Å². The summed E-state index contributed by atoms with van der Waals surface area (Å²) in [6, 6.07) is 19.9. The number of methoxy groups -OCH3 is 1. The number of hydrogen-bond donors (Lipinski definition) is 1. The van der Waals surface area contributed by atoms with Crippen LogP contribution >= 0.6 is 0 Å². The van der Waals surface area contributed by atoms with Gasteiger partial charge in [-0.25, -0.2) is 0 Å². The number of nitrogens with one attached hydrogen (secondary N) is 1. The number of hydrogen-bond acceptors (Lipinski definition) is 3. The van der Waals surface area contributed by atoms with E-state index in [4.69, 9.17) is 4.74 Å². The lowest BCUT2D eigenvalue weighted by Gasteiger charge is -2.40. The van der Waals surface area contributed by atoms with Crippen LogP contribution in [-0.4, -0.2) is 30.5 Å². The van der Waals surface area contributed by atoms with Gasteiger partial charge in [0.25, 0.3) is 5.56 Å². The van der Waals surface area contributed by atoms with E-state index in [1.807, 2.05) is 41.0 Å². The maximum absolute atomic E-state index is 13.1. The molecule has 3 atom stereocenters. The van der Waals surface area contributed by atoms with Gasteiger partial charge >= 0.3 is 0 Å². The van der Waals surface area contributed by atoms with Crippen LogP contribution in [0.4, 0.5) is 0 Å². The van der Waals surface area contributed by atoms with Crippen molar-refractivity contribution in [3.05, 3.63) is 105 Å². The van der Waals surface area contributed by atoms with Crippen LogP contribution in [0.3, 0.4) is 0 Å². The van der Waals surface area contributed by atoms with E-state index in [1.54, 1.807) is 13.2 Å². The highest BCUT2D eigenvalue weighted by Crippen LogP contribution is 2.31. The summed E-state index contributed by atoms with van der Waals surface area (Å²) >= 11 is 0. The second-order valence-electron chi connectivity index (χ2n) is 10.3. The van der Waals surface area contributed by atoms with Crippen molar-refractivity contribution in [1.82, 2.24) is 4.57 Å². The summed E-state index contributed by atoms with van der Waals surface area (Å²) in [5, 5.41) is 0. The van der Waals surface area contributed by atoms with Gasteiger partial charge in [0, 0.05) is 46.8 Å². The third-order valence-corrected chi connectivity index (χ3v) is 7.98. The summed E-state index contributed by atoms with van der Waals surface area (Å²) in [5.41, 5.74) is 6.40. The van der Waals surface area contributed by atoms with E-state index in [9.17, 15) is 9.59 Å². The number of carbonyl (C=O) groups is 1. The van der Waals surface area contributed by atoms with Crippen LogP contribution in [0.25, 0.3) is 6.08 Å². The van der Waals surface area contributed by atoms with Gasteiger partial charge in [0.05, 0.1) is 20.2 Å². The fourth-order valence-electron chi connectivity index (χ4n) is 6.41. The molecule has 1 N–H and O–H groups in total. The Kier molecular flexibility index (Phi) is 5.65. The molecule has 1 aliphatic carbocycles. The first-order valence-corrected chi connectivity index (χ1v) is 12.6. The molecule has 5 heteroatoms. The van der Waals surface area contributed by atoms with Crippen LogP contribution in [-0.2, 0) is 19.5 Å². The largest absolute Gasteiger partial charge is 0.496 e. The van der Waals surface area contributed by atoms with Gasteiger partial charge in [-0.1, -0.05) is 36.4 Å². The first kappa shape index (κ1) is 22.1. The molecule has 6 rings (SSSR count). The predicted octanol–water partition coefficient (Wildman–Crippen LogP) is 3.27. The van der Waals surface area contributed by atoms with E-state index in [2.05, 4.69) is 24.3 Å². The van der Waals surface area contributed by atoms with E-state index < -0.39 is 0 Å². The average molecular weight is 468 g/mol. The lowest BCUT2D eigenvalue weighted by Crippen LogP contribution is -3.13. The minimum absolute atomic E-state index is 0.128. The highest BCUT2D eigenvalue weighted by atomic mass is 16.5. The molecule has 5 nitrogen and oxygen atoms in total. The molecular formula is C30H31N2O3+. The number of fused-ring (bicyclic) bond motifs is 5. The Labute approximate surface area is 205 Å². The predicted molar refractivity (Wildman–Crippen MR) is 136 cm³/mol. The number of Topliss-reactive ketones (excluding diaryl/α,β-unsaturated/α-hetero) is 1. The van der Waals surface area contributed by atoms with Crippen LogP contribution in [0.15, 0.2) is 71.0 Å². The number of likely N-dealkylation sites (tertiary alicyclic amines) is 1. The SMILES string of the molecule is COc1ccc(/C=C2\CCc3ccccc3C2=O)cc1C[NH+]1C[C@H]2C[C@H](C1)c1cccc(=O)n1C2. The van der Waals surface area contributed by atoms with E-state index in [0.29, 0.717) is 11.8 Å². The first-order chi connectivity index (χ1) is 17.1. The molecule has 2 aromatic carbocycles. The number of aryl methyl sites for hydroxylation is 1. The molecule has 1 unspecified atom stereocenters. The van der Waals surface area contributed by atoms with Gasteiger partial charge in [-0.15, -0.1) is 0 Å². The van der Waals surface area contributed by atoms with Crippen molar-refractivity contribution in [1.29, 1.82) is 0 Å². The van der Waals surface area contributed by atoms with Gasteiger partial charge in [-0.05, 0) is 54.7 Å². The summed E-state index contributed by atoms with van der Waals surface area (Å²) in [4.78, 5) is 26.9. The fraction of sp³-hybridized carbons (Fsp3) is 0.333. The van der Waals surface area contributed by atoms with Crippen molar-refractivity contribution in [3.63, 3.8) is 0 Å². The van der Waals surface area contributed by atoms with Gasteiger partial charge in [0.15, 0.2) is 5.78 Å². The molecule has 1 fully saturated rings. The Bertz CT molecular complexity index is 1390. The topological polar surface area (TPSA) is 52.7 Å². The smallest absolute Gasteiger partial charge is 0.250 e. The third kappa shape index (κ3) is 4.14. The van der Waals surface area contributed by atoms with Crippen molar-refractivity contribution in [2.75, 3.05) is 20.2 Å². The quantitative estimate of drug-likeness (QED) is 0.600. The molecule has 178 valence electrons. The second-order valence-corrected chi connectivity index (χ2v) is 10.3. The number of benzene rings is 2. The number of rotatable bonds is 4. The first-order valence-electron chi connectivity index (χ1n) is 12.6. The number of allylic oxidation sites excluding steroid dienone is 1. The van der Waals surface area contributed by atoms with E-state index in [1.165, 1.54) is 22.6 Å². The molecular weight excluding hydrogens is 436 g/mol. The van der Waals surface area contributed by atoms with Crippen LogP contribution < -0.4 is 15.2 Å². The summed E-state index contributed by atoms with van der Waals surface area (Å²) in [5.74, 6) is 1.98. The summed E-state index contributed by atoms with van der Waals surface area (Å²) < 4.78 is 7.71. The van der Waals surface area contributed by atoms with Crippen molar-refractivity contribution in [3.8, 4) is 5.75 Å². The molecule has 3 aromatic rings. The Morgan fingerprint density at radius 1 is 1.03 bits per heavy atom. The third-order valence-electron chi connectivity index (χ3n) is 7.98. The molecule has 2 bridgehead atoms. The Morgan fingerprint density at radius 3 is 2.80 bits per heavy atom. The standard InChI is InChI=1S/C30H30N2O3/c1-35-28-12-9-20(13-23-11-10-22-5-2-3-6-26(22)30(23)34)14-25(28)19-31-16-21-15-24(18-31)27-7-4-8-29(33)32(27)17-21/h2-9,12-14,21,24H,10-11,15-19H2,1H3/p+1/b23-13+/t21-,24-/m1/s1. The Morgan fingerprint density at radius 2 is 1.91 bits per heavy atom. The minimum atomic E-state index is 0.128. The monoisotopic (exact) mass is 467 g/mol. The van der Waals surface area contributed by atoms with Gasteiger partial charge in [-0.3, -0.25) is 9.59 Å². The minimum Gasteiger partial charge on any atom is -0.496 e. The van der Waals surface area contributed by atoms with Crippen LogP contribution in [0, 0.1) is 5.92 Å². The van der Waals surface area contributed by atoms with Crippen molar-refractivity contribution in [2.45, 2.75) is 38.3 Å². The Hall–Kier alpha value is -3.44. The van der Waals surface area contributed by atoms with Crippen LogP contribution in [0.2, 0.25) is 0 Å². The molecule has 1 saturated heterocycles. The fourth-order valence-corrected chi connectivity index (χ4v) is 6.41. The van der Waals surface area contributed by atoms with E-state index in [-0.39, 0.29) is 11.3 Å². The zero-order chi connectivity index (χ0) is 23.9. The van der Waals surface area contributed by atoms with Gasteiger partial charge in [-0.2, -0.15) is 0 Å². The molecule has 1 aromatic heterocycles. The molecule has 3 heterocycles. The number of aromatic nitrogens is 1. The number of piperidine rings is 1. The number of pyridine rings is 1. The molecule has 0 amide bonds. The highest BCUT2D eigenvalue weighted by molar-refractivity contribution is 6.13. The van der Waals surface area contributed by atoms with Crippen LogP contribution in [0.5, 0.6) is 5.75 Å². The molecule has 35 heavy (non-hydrogen) atoms. The molecule has 0 radical (unpaired) electrons. The summed E-state index contributed by atoms with van der Waals surface area (Å²) in [7, 11) is 1.72. The van der Waals surface area contributed by atoms with E-state index in [0.717, 1.165) is 67.0 Å². The zero-order valence-corrected chi connectivity index (χ0v) is 20.1. The highest BCUT2D eigenvalue weighted by Gasteiger charge is 2.37. The molecule has 2 aliphatic heterocycles. The van der Waals surface area contributed by atoms with Gasteiger partial charge < -0.3 is 14.2 Å². The average Bonchev–Trinajstić information content (AvgIpc) is 2.87. The lowest BCUT2D eigenvalue weighted by molar-refractivity contribution is -0.924. The maximum Gasteiger partial charge on any atom is 0.250 e. The maximum atomic E-state index is 13.1. The normalized spacial score (nSPS) is 24.1. The molecule has 0 spiro atoms. The summed E-state index contributed by atoms with van der Waals surface area (Å²) in [6.45, 7) is 3.77.